The van der Waals surface area contributed by atoms with Gasteiger partial charge in [-0.05, 0) is 27.2 Å². The van der Waals surface area contributed by atoms with Crippen molar-refractivity contribution in [2.24, 2.45) is 0 Å². The fraction of sp³-hybridized carbons (Fsp3) is 0.800. The first-order valence-electron chi connectivity index (χ1n) is 5.19. The summed E-state index contributed by atoms with van der Waals surface area (Å²) in [5.74, 6) is 0. The summed E-state index contributed by atoms with van der Waals surface area (Å²) in [7, 11) is -4.36. The van der Waals surface area contributed by atoms with Gasteiger partial charge in [-0.3, -0.25) is 4.52 Å². The van der Waals surface area contributed by atoms with Gasteiger partial charge in [0.1, 0.15) is 0 Å². The van der Waals surface area contributed by atoms with Gasteiger partial charge in [0.25, 0.3) is 0 Å². The second kappa shape index (κ2) is 10.00. The lowest BCUT2D eigenvalue weighted by atomic mass is 10.3. The first-order valence-corrected chi connectivity index (χ1v) is 6.72. The van der Waals surface area contributed by atoms with Gasteiger partial charge in [0.2, 0.25) is 0 Å². The van der Waals surface area contributed by atoms with Crippen LogP contribution in [0.25, 0.3) is 0 Å². The van der Waals surface area contributed by atoms with Crippen molar-refractivity contribution < 1.29 is 23.6 Å². The second-order valence-corrected chi connectivity index (χ2v) is 4.65. The van der Waals surface area contributed by atoms with Gasteiger partial charge in [0.05, 0.1) is 18.8 Å². The van der Waals surface area contributed by atoms with Crippen LogP contribution in [0.3, 0.4) is 0 Å². The van der Waals surface area contributed by atoms with E-state index in [0.717, 1.165) is 0 Å². The van der Waals surface area contributed by atoms with Crippen LogP contribution in [0.2, 0.25) is 0 Å². The van der Waals surface area contributed by atoms with Crippen LogP contribution in [0, 0.1) is 0 Å². The van der Waals surface area contributed by atoms with Gasteiger partial charge in [-0.15, -0.1) is 6.58 Å². The van der Waals surface area contributed by atoms with Gasteiger partial charge in [-0.1, -0.05) is 13.0 Å². The highest BCUT2D eigenvalue weighted by Gasteiger charge is 2.18. The van der Waals surface area contributed by atoms with Crippen LogP contribution < -0.4 is 0 Å². The largest absolute Gasteiger partial charge is 0.469 e. The molecule has 0 rings (SSSR count). The Kier molecular flexibility index (Phi) is 11.4. The summed E-state index contributed by atoms with van der Waals surface area (Å²) in [6, 6.07) is 0. The summed E-state index contributed by atoms with van der Waals surface area (Å²) in [6.07, 6.45) is 2.19. The summed E-state index contributed by atoms with van der Waals surface area (Å²) in [4.78, 5) is 16.9. The van der Waals surface area contributed by atoms with E-state index in [0.29, 0.717) is 6.42 Å². The third-order valence-electron chi connectivity index (χ3n) is 1.35. The predicted octanol–water partition coefficient (Wildman–Crippen LogP) is 2.49. The normalized spacial score (nSPS) is 12.9. The van der Waals surface area contributed by atoms with E-state index < -0.39 is 7.82 Å². The van der Waals surface area contributed by atoms with E-state index in [1.165, 1.54) is 0 Å². The molecule has 0 aliphatic rings. The highest BCUT2D eigenvalue weighted by atomic mass is 31.2. The zero-order valence-corrected chi connectivity index (χ0v) is 11.3. The fourth-order valence-corrected chi connectivity index (χ4v) is 1.18. The zero-order chi connectivity index (χ0) is 13.2. The molecule has 0 heterocycles. The quantitative estimate of drug-likeness (QED) is 0.562. The fourth-order valence-electron chi connectivity index (χ4n) is 0.818. The topological polar surface area (TPSA) is 76.0 Å². The number of phosphoric ester groups is 1. The highest BCUT2D eigenvalue weighted by Crippen LogP contribution is 2.36. The molecular formula is C10H23O5P. The lowest BCUT2D eigenvalue weighted by Crippen LogP contribution is -2.22. The minimum absolute atomic E-state index is 0.0327. The Bertz CT molecular complexity index is 211. The first-order chi connectivity index (χ1) is 7.26. The van der Waals surface area contributed by atoms with Crippen LogP contribution in [0.15, 0.2) is 12.7 Å². The molecule has 0 aromatic rings. The standard InChI is InChI=1S/C7H17O5P.C3H6/c1-4-7(12-6(2)3)5-11-13(8,9)10;1-3-2/h6-7H,4-5H2,1-3H3,(H2,8,9,10);3H,1H2,2H3. The number of hydrogen-bond acceptors (Lipinski definition) is 3. The van der Waals surface area contributed by atoms with Crippen LogP contribution in [0.4, 0.5) is 0 Å². The van der Waals surface area contributed by atoms with Crippen molar-refractivity contribution in [2.45, 2.75) is 46.3 Å². The summed E-state index contributed by atoms with van der Waals surface area (Å²) in [6.45, 7) is 10.8. The Hall–Kier alpha value is -0.190. The molecule has 0 fully saturated rings. The van der Waals surface area contributed by atoms with Gasteiger partial charge in [0, 0.05) is 0 Å². The number of allylic oxidation sites excluding steroid dienone is 1. The number of ether oxygens (including phenoxy) is 1. The average Bonchev–Trinajstić information content (AvgIpc) is 2.11. The van der Waals surface area contributed by atoms with Crippen molar-refractivity contribution in [3.8, 4) is 0 Å². The molecule has 1 unspecified atom stereocenters. The Morgan fingerprint density at radius 1 is 1.44 bits per heavy atom. The maximum absolute atomic E-state index is 10.4. The van der Waals surface area contributed by atoms with Crippen LogP contribution >= 0.6 is 7.82 Å². The highest BCUT2D eigenvalue weighted by molar-refractivity contribution is 7.46. The van der Waals surface area contributed by atoms with Crippen LogP contribution in [0.5, 0.6) is 0 Å². The molecule has 98 valence electrons. The van der Waals surface area contributed by atoms with Gasteiger partial charge >= 0.3 is 7.82 Å². The third-order valence-corrected chi connectivity index (χ3v) is 1.83. The van der Waals surface area contributed by atoms with E-state index in [4.69, 9.17) is 14.5 Å². The van der Waals surface area contributed by atoms with Crippen molar-refractivity contribution in [1.82, 2.24) is 0 Å². The second-order valence-electron chi connectivity index (χ2n) is 3.41. The molecule has 2 N–H and O–H groups in total. The Labute approximate surface area is 97.7 Å². The molecule has 0 saturated heterocycles. The number of phosphoric acid groups is 1. The van der Waals surface area contributed by atoms with Crippen molar-refractivity contribution in [1.29, 1.82) is 0 Å². The minimum atomic E-state index is -4.36. The lowest BCUT2D eigenvalue weighted by Gasteiger charge is -2.18. The summed E-state index contributed by atoms with van der Waals surface area (Å²) in [5.41, 5.74) is 0. The predicted molar refractivity (Wildman–Crippen MR) is 64.2 cm³/mol. The van der Waals surface area contributed by atoms with E-state index in [9.17, 15) is 4.57 Å². The summed E-state index contributed by atoms with van der Waals surface area (Å²) >= 11 is 0. The van der Waals surface area contributed by atoms with E-state index >= 15 is 0 Å². The molecular weight excluding hydrogens is 231 g/mol. The maximum atomic E-state index is 10.4. The number of rotatable bonds is 6. The third kappa shape index (κ3) is 16.2. The molecule has 0 amide bonds. The number of hydrogen-bond donors (Lipinski definition) is 2. The Morgan fingerprint density at radius 3 is 2.12 bits per heavy atom. The van der Waals surface area contributed by atoms with Crippen molar-refractivity contribution >= 4 is 7.82 Å². The molecule has 0 bridgehead atoms. The van der Waals surface area contributed by atoms with E-state index in [1.807, 2.05) is 27.7 Å². The summed E-state index contributed by atoms with van der Waals surface area (Å²) < 4.78 is 20.0. The monoisotopic (exact) mass is 254 g/mol. The first kappa shape index (κ1) is 18.2. The SMILES string of the molecule is C=CC.CCC(COP(=O)(O)O)OC(C)C. The molecule has 0 aromatic heterocycles. The molecule has 0 saturated carbocycles. The zero-order valence-electron chi connectivity index (χ0n) is 10.4. The van der Waals surface area contributed by atoms with Crippen LogP contribution in [0.1, 0.15) is 34.1 Å². The van der Waals surface area contributed by atoms with E-state index in [2.05, 4.69) is 11.1 Å². The molecule has 6 heteroatoms. The molecule has 16 heavy (non-hydrogen) atoms. The van der Waals surface area contributed by atoms with Gasteiger partial charge < -0.3 is 14.5 Å². The van der Waals surface area contributed by atoms with E-state index in [-0.39, 0.29) is 18.8 Å². The van der Waals surface area contributed by atoms with E-state index in [1.54, 1.807) is 6.08 Å². The minimum Gasteiger partial charge on any atom is -0.373 e. The van der Waals surface area contributed by atoms with Gasteiger partial charge in [0.15, 0.2) is 0 Å². The molecule has 1 atom stereocenters. The molecule has 0 aliphatic heterocycles. The molecule has 5 nitrogen and oxygen atoms in total. The summed E-state index contributed by atoms with van der Waals surface area (Å²) in [5, 5.41) is 0. The molecule has 0 radical (unpaired) electrons. The van der Waals surface area contributed by atoms with Crippen molar-refractivity contribution in [3.05, 3.63) is 12.7 Å². The molecule has 0 aliphatic carbocycles. The smallest absolute Gasteiger partial charge is 0.373 e. The Morgan fingerprint density at radius 2 is 1.88 bits per heavy atom. The van der Waals surface area contributed by atoms with Gasteiger partial charge in [-0.2, -0.15) is 0 Å². The molecule has 0 aromatic carbocycles. The van der Waals surface area contributed by atoms with Crippen LogP contribution in [-0.2, 0) is 13.8 Å². The Balaban J connectivity index is 0. The lowest BCUT2D eigenvalue weighted by molar-refractivity contribution is -0.0241. The molecule has 0 spiro atoms. The van der Waals surface area contributed by atoms with Crippen molar-refractivity contribution in [3.63, 3.8) is 0 Å². The van der Waals surface area contributed by atoms with Gasteiger partial charge in [-0.25, -0.2) is 4.57 Å². The van der Waals surface area contributed by atoms with Crippen LogP contribution in [-0.4, -0.2) is 28.6 Å². The maximum Gasteiger partial charge on any atom is 0.469 e. The average molecular weight is 254 g/mol. The van der Waals surface area contributed by atoms with Crippen molar-refractivity contribution in [2.75, 3.05) is 6.61 Å².